The van der Waals surface area contributed by atoms with Crippen molar-refractivity contribution in [2.75, 3.05) is 32.7 Å². The Kier molecular flexibility index (Phi) is 3.42. The van der Waals surface area contributed by atoms with Gasteiger partial charge in [-0.2, -0.15) is 0 Å². The molecule has 1 heterocycles. The number of hydrogen-bond acceptors (Lipinski definition) is 3. The van der Waals surface area contributed by atoms with Gasteiger partial charge in [-0.1, -0.05) is 19.3 Å². The van der Waals surface area contributed by atoms with E-state index in [2.05, 4.69) is 9.80 Å². The molecule has 0 radical (unpaired) electrons. The minimum Gasteiger partial charge on any atom is -0.324 e. The summed E-state index contributed by atoms with van der Waals surface area (Å²) in [6, 6.07) is 0.943. The van der Waals surface area contributed by atoms with Gasteiger partial charge in [0.1, 0.15) is 0 Å². The summed E-state index contributed by atoms with van der Waals surface area (Å²) in [4.78, 5) is 5.30. The molecule has 0 atom stereocenters. The molecule has 2 saturated carbocycles. The van der Waals surface area contributed by atoms with Gasteiger partial charge < -0.3 is 5.73 Å². The molecular weight excluding hydrogens is 210 g/mol. The quantitative estimate of drug-likeness (QED) is 0.806. The van der Waals surface area contributed by atoms with Crippen LogP contribution in [-0.4, -0.2) is 54.1 Å². The molecule has 3 nitrogen and oxygen atoms in total. The summed E-state index contributed by atoms with van der Waals surface area (Å²) in [6.07, 6.45) is 9.47. The summed E-state index contributed by atoms with van der Waals surface area (Å²) in [5.74, 6) is 0. The molecule has 0 unspecified atom stereocenters. The number of nitrogens with two attached hydrogens (primary N) is 1. The molecule has 0 amide bonds. The zero-order valence-electron chi connectivity index (χ0n) is 11.0. The first-order valence-electron chi connectivity index (χ1n) is 7.51. The highest BCUT2D eigenvalue weighted by Crippen LogP contribution is 2.29. The van der Waals surface area contributed by atoms with Crippen molar-refractivity contribution in [3.05, 3.63) is 0 Å². The van der Waals surface area contributed by atoms with Gasteiger partial charge >= 0.3 is 0 Å². The highest BCUT2D eigenvalue weighted by Gasteiger charge is 2.34. The van der Waals surface area contributed by atoms with Crippen LogP contribution in [0.4, 0.5) is 0 Å². The Morgan fingerprint density at radius 3 is 2.18 bits per heavy atom. The highest BCUT2D eigenvalue weighted by molar-refractivity contribution is 4.93. The van der Waals surface area contributed by atoms with E-state index in [1.54, 1.807) is 0 Å². The standard InChI is InChI=1S/C14H27N3/c15-14(6-2-1-3-7-14)12-16-8-10-17(11-9-16)13-4-5-13/h13H,1-12,15H2. The van der Waals surface area contributed by atoms with Crippen LogP contribution in [0.5, 0.6) is 0 Å². The van der Waals surface area contributed by atoms with Crippen molar-refractivity contribution in [3.8, 4) is 0 Å². The molecule has 3 heteroatoms. The Morgan fingerprint density at radius 1 is 0.941 bits per heavy atom. The normalized spacial score (nSPS) is 31.6. The number of rotatable bonds is 3. The van der Waals surface area contributed by atoms with Gasteiger partial charge in [-0.15, -0.1) is 0 Å². The highest BCUT2D eigenvalue weighted by atomic mass is 15.3. The lowest BCUT2D eigenvalue weighted by Crippen LogP contribution is -2.56. The van der Waals surface area contributed by atoms with Crippen LogP contribution < -0.4 is 5.73 Å². The molecule has 0 spiro atoms. The van der Waals surface area contributed by atoms with Crippen LogP contribution >= 0.6 is 0 Å². The number of hydrogen-bond donors (Lipinski definition) is 1. The molecule has 0 aromatic carbocycles. The topological polar surface area (TPSA) is 32.5 Å². The van der Waals surface area contributed by atoms with Gasteiger partial charge in [0.25, 0.3) is 0 Å². The first-order valence-corrected chi connectivity index (χ1v) is 7.51. The van der Waals surface area contributed by atoms with E-state index in [1.807, 2.05) is 0 Å². The molecule has 1 aliphatic heterocycles. The van der Waals surface area contributed by atoms with Gasteiger partial charge in [0.05, 0.1) is 0 Å². The fraction of sp³-hybridized carbons (Fsp3) is 1.00. The summed E-state index contributed by atoms with van der Waals surface area (Å²) >= 11 is 0. The van der Waals surface area contributed by atoms with Crippen LogP contribution in [0.15, 0.2) is 0 Å². The third-order valence-electron chi connectivity index (χ3n) is 4.86. The third kappa shape index (κ3) is 3.01. The molecular formula is C14H27N3. The molecule has 0 aromatic heterocycles. The average molecular weight is 237 g/mol. The van der Waals surface area contributed by atoms with Crippen molar-refractivity contribution in [1.82, 2.24) is 9.80 Å². The van der Waals surface area contributed by atoms with E-state index in [1.165, 1.54) is 71.1 Å². The van der Waals surface area contributed by atoms with Crippen LogP contribution in [0.3, 0.4) is 0 Å². The Balaban J connectivity index is 1.46. The van der Waals surface area contributed by atoms with Crippen LogP contribution in [0.25, 0.3) is 0 Å². The van der Waals surface area contributed by atoms with Crippen LogP contribution in [-0.2, 0) is 0 Å². The Morgan fingerprint density at radius 2 is 1.59 bits per heavy atom. The van der Waals surface area contributed by atoms with Gasteiger partial charge in [0, 0.05) is 44.3 Å². The molecule has 0 aromatic rings. The largest absolute Gasteiger partial charge is 0.324 e. The molecule has 3 rings (SSSR count). The van der Waals surface area contributed by atoms with E-state index >= 15 is 0 Å². The van der Waals surface area contributed by atoms with Gasteiger partial charge in [-0.3, -0.25) is 9.80 Å². The maximum Gasteiger partial charge on any atom is 0.0283 e. The smallest absolute Gasteiger partial charge is 0.0283 e. The van der Waals surface area contributed by atoms with Gasteiger partial charge in [0.15, 0.2) is 0 Å². The van der Waals surface area contributed by atoms with E-state index in [-0.39, 0.29) is 5.54 Å². The lowest BCUT2D eigenvalue weighted by atomic mass is 9.82. The second kappa shape index (κ2) is 4.87. The molecule has 1 saturated heterocycles. The predicted octanol–water partition coefficient (Wildman–Crippen LogP) is 1.43. The van der Waals surface area contributed by atoms with Crippen molar-refractivity contribution in [1.29, 1.82) is 0 Å². The minimum atomic E-state index is 0.139. The van der Waals surface area contributed by atoms with Crippen molar-refractivity contribution < 1.29 is 0 Å². The first kappa shape index (κ1) is 11.9. The van der Waals surface area contributed by atoms with Gasteiger partial charge in [-0.25, -0.2) is 0 Å². The van der Waals surface area contributed by atoms with Crippen molar-refractivity contribution in [3.63, 3.8) is 0 Å². The summed E-state index contributed by atoms with van der Waals surface area (Å²) < 4.78 is 0. The van der Waals surface area contributed by atoms with E-state index in [9.17, 15) is 0 Å². The van der Waals surface area contributed by atoms with E-state index in [0.29, 0.717) is 0 Å². The summed E-state index contributed by atoms with van der Waals surface area (Å²) in [5, 5.41) is 0. The fourth-order valence-corrected chi connectivity index (χ4v) is 3.59. The third-order valence-corrected chi connectivity index (χ3v) is 4.86. The van der Waals surface area contributed by atoms with Crippen molar-refractivity contribution >= 4 is 0 Å². The Hall–Kier alpha value is -0.120. The molecule has 0 bridgehead atoms. The molecule has 17 heavy (non-hydrogen) atoms. The molecule has 2 N–H and O–H groups in total. The SMILES string of the molecule is NC1(CN2CCN(C3CC3)CC2)CCCCC1. The van der Waals surface area contributed by atoms with E-state index < -0.39 is 0 Å². The minimum absolute atomic E-state index is 0.139. The molecule has 3 fully saturated rings. The summed E-state index contributed by atoms with van der Waals surface area (Å²) in [7, 11) is 0. The van der Waals surface area contributed by atoms with Gasteiger partial charge in [-0.05, 0) is 25.7 Å². The van der Waals surface area contributed by atoms with Crippen LogP contribution in [0.1, 0.15) is 44.9 Å². The van der Waals surface area contributed by atoms with Gasteiger partial charge in [0.2, 0.25) is 0 Å². The number of nitrogens with zero attached hydrogens (tertiary/aromatic N) is 2. The summed E-state index contributed by atoms with van der Waals surface area (Å²) in [5.41, 5.74) is 6.68. The molecule has 98 valence electrons. The van der Waals surface area contributed by atoms with Crippen LogP contribution in [0.2, 0.25) is 0 Å². The lowest BCUT2D eigenvalue weighted by Gasteiger charge is -2.42. The fourth-order valence-electron chi connectivity index (χ4n) is 3.59. The first-order chi connectivity index (χ1) is 8.25. The predicted molar refractivity (Wildman–Crippen MR) is 71.0 cm³/mol. The van der Waals surface area contributed by atoms with Crippen molar-refractivity contribution in [2.45, 2.75) is 56.5 Å². The van der Waals surface area contributed by atoms with E-state index in [4.69, 9.17) is 5.73 Å². The second-order valence-electron chi connectivity index (χ2n) is 6.47. The number of piperazine rings is 1. The average Bonchev–Trinajstić information content (AvgIpc) is 3.14. The molecule has 2 aliphatic carbocycles. The van der Waals surface area contributed by atoms with E-state index in [0.717, 1.165) is 12.6 Å². The van der Waals surface area contributed by atoms with Crippen LogP contribution in [0, 0.1) is 0 Å². The maximum absolute atomic E-state index is 6.54. The van der Waals surface area contributed by atoms with Crippen molar-refractivity contribution in [2.24, 2.45) is 5.73 Å². The second-order valence-corrected chi connectivity index (χ2v) is 6.47. The maximum atomic E-state index is 6.54. The molecule has 3 aliphatic rings. The lowest BCUT2D eigenvalue weighted by molar-refractivity contribution is 0.0948. The Bertz CT molecular complexity index is 248. The monoisotopic (exact) mass is 237 g/mol. The zero-order valence-corrected chi connectivity index (χ0v) is 11.0. The summed E-state index contributed by atoms with van der Waals surface area (Å²) in [6.45, 7) is 6.19. The Labute approximate surface area is 105 Å². The zero-order chi connectivity index (χ0) is 11.7.